The first kappa shape index (κ1) is 16.3. The Morgan fingerprint density at radius 3 is 2.67 bits per heavy atom. The third-order valence-corrected chi connectivity index (χ3v) is 3.81. The van der Waals surface area contributed by atoms with E-state index in [2.05, 4.69) is 5.32 Å². The number of carbonyl (C=O) groups is 1. The topological polar surface area (TPSA) is 47.6 Å². The van der Waals surface area contributed by atoms with Gasteiger partial charge in [-0.3, -0.25) is 4.79 Å². The summed E-state index contributed by atoms with van der Waals surface area (Å²) in [6.07, 6.45) is 5.68. The third kappa shape index (κ3) is 4.96. The number of amides is 1. The molecule has 1 N–H and O–H groups in total. The average Bonchev–Trinajstić information content (AvgIpc) is 3.14. The Kier molecular flexibility index (Phi) is 5.64. The minimum absolute atomic E-state index is 0.160. The SMILES string of the molecule is O=C(/C=C/c1ccccc1)Nc1ccc(OCC2CCCO2)cc1. The van der Waals surface area contributed by atoms with Crippen LogP contribution in [-0.4, -0.2) is 25.2 Å². The van der Waals surface area contributed by atoms with Gasteiger partial charge in [-0.2, -0.15) is 0 Å². The Morgan fingerprint density at radius 1 is 1.17 bits per heavy atom. The zero-order valence-corrected chi connectivity index (χ0v) is 13.5. The van der Waals surface area contributed by atoms with Crippen LogP contribution in [-0.2, 0) is 9.53 Å². The number of rotatable bonds is 6. The van der Waals surface area contributed by atoms with E-state index in [1.54, 1.807) is 6.08 Å². The van der Waals surface area contributed by atoms with Crippen molar-refractivity contribution in [3.05, 3.63) is 66.2 Å². The summed E-state index contributed by atoms with van der Waals surface area (Å²) in [5.41, 5.74) is 1.73. The normalized spacial score (nSPS) is 17.1. The molecule has 4 heteroatoms. The van der Waals surface area contributed by atoms with E-state index in [9.17, 15) is 4.79 Å². The van der Waals surface area contributed by atoms with Crippen molar-refractivity contribution in [2.45, 2.75) is 18.9 Å². The summed E-state index contributed by atoms with van der Waals surface area (Å²) in [4.78, 5) is 11.9. The molecule has 1 amide bonds. The molecule has 24 heavy (non-hydrogen) atoms. The van der Waals surface area contributed by atoms with E-state index < -0.39 is 0 Å². The van der Waals surface area contributed by atoms with Crippen LogP contribution < -0.4 is 10.1 Å². The first-order chi connectivity index (χ1) is 11.8. The molecule has 1 unspecified atom stereocenters. The van der Waals surface area contributed by atoms with Gasteiger partial charge in [-0.15, -0.1) is 0 Å². The van der Waals surface area contributed by atoms with Crippen LogP contribution in [0.25, 0.3) is 6.08 Å². The molecule has 1 aliphatic heterocycles. The van der Waals surface area contributed by atoms with Gasteiger partial charge in [-0.25, -0.2) is 0 Å². The third-order valence-electron chi connectivity index (χ3n) is 3.81. The second-order valence-corrected chi connectivity index (χ2v) is 5.70. The van der Waals surface area contributed by atoms with Gasteiger partial charge < -0.3 is 14.8 Å². The number of hydrogen-bond acceptors (Lipinski definition) is 3. The van der Waals surface area contributed by atoms with E-state index in [0.29, 0.717) is 6.61 Å². The molecule has 3 rings (SSSR count). The van der Waals surface area contributed by atoms with Crippen molar-refractivity contribution in [1.82, 2.24) is 0 Å². The lowest BCUT2D eigenvalue weighted by molar-refractivity contribution is -0.111. The number of anilines is 1. The average molecular weight is 323 g/mol. The standard InChI is InChI=1S/C20H21NO3/c22-20(13-8-16-5-2-1-3-6-16)21-17-9-11-18(12-10-17)24-15-19-7-4-14-23-19/h1-3,5-6,8-13,19H,4,7,14-15H2,(H,21,22)/b13-8+. The first-order valence-electron chi connectivity index (χ1n) is 8.18. The Morgan fingerprint density at radius 2 is 1.96 bits per heavy atom. The van der Waals surface area contributed by atoms with Gasteiger partial charge in [0, 0.05) is 18.4 Å². The van der Waals surface area contributed by atoms with Crippen LogP contribution in [0.15, 0.2) is 60.7 Å². The van der Waals surface area contributed by atoms with E-state index in [1.807, 2.05) is 54.6 Å². The van der Waals surface area contributed by atoms with Gasteiger partial charge in [0.2, 0.25) is 5.91 Å². The Balaban J connectivity index is 1.48. The molecular weight excluding hydrogens is 302 g/mol. The van der Waals surface area contributed by atoms with Crippen molar-refractivity contribution in [3.8, 4) is 5.75 Å². The van der Waals surface area contributed by atoms with Crippen LogP contribution in [0.1, 0.15) is 18.4 Å². The molecule has 124 valence electrons. The highest BCUT2D eigenvalue weighted by Gasteiger charge is 2.15. The Labute approximate surface area is 142 Å². The predicted molar refractivity (Wildman–Crippen MR) is 95.0 cm³/mol. The van der Waals surface area contributed by atoms with Crippen molar-refractivity contribution in [1.29, 1.82) is 0 Å². The Hall–Kier alpha value is -2.59. The van der Waals surface area contributed by atoms with E-state index in [1.165, 1.54) is 6.08 Å². The fourth-order valence-corrected chi connectivity index (χ4v) is 2.52. The highest BCUT2D eigenvalue weighted by Crippen LogP contribution is 2.18. The molecule has 0 bridgehead atoms. The molecule has 1 saturated heterocycles. The summed E-state index contributed by atoms with van der Waals surface area (Å²) in [5, 5.41) is 2.83. The molecule has 1 fully saturated rings. The molecule has 0 radical (unpaired) electrons. The second-order valence-electron chi connectivity index (χ2n) is 5.70. The summed E-state index contributed by atoms with van der Waals surface area (Å²) in [6, 6.07) is 17.1. The summed E-state index contributed by atoms with van der Waals surface area (Å²) in [6.45, 7) is 1.40. The number of carbonyl (C=O) groups excluding carboxylic acids is 1. The first-order valence-corrected chi connectivity index (χ1v) is 8.18. The molecule has 1 aliphatic rings. The van der Waals surface area contributed by atoms with Gasteiger partial charge in [0.25, 0.3) is 0 Å². The largest absolute Gasteiger partial charge is 0.491 e. The molecule has 0 spiro atoms. The van der Waals surface area contributed by atoms with Crippen molar-refractivity contribution >= 4 is 17.7 Å². The molecule has 4 nitrogen and oxygen atoms in total. The van der Waals surface area contributed by atoms with Crippen molar-refractivity contribution in [2.24, 2.45) is 0 Å². The second kappa shape index (κ2) is 8.31. The zero-order chi connectivity index (χ0) is 16.6. The number of hydrogen-bond donors (Lipinski definition) is 1. The molecule has 2 aromatic rings. The van der Waals surface area contributed by atoms with Crippen LogP contribution in [0.4, 0.5) is 5.69 Å². The van der Waals surface area contributed by atoms with Crippen LogP contribution >= 0.6 is 0 Å². The van der Waals surface area contributed by atoms with Crippen molar-refractivity contribution in [3.63, 3.8) is 0 Å². The van der Waals surface area contributed by atoms with E-state index >= 15 is 0 Å². The maximum atomic E-state index is 11.9. The molecule has 0 aromatic heterocycles. The van der Waals surface area contributed by atoms with Crippen LogP contribution in [0, 0.1) is 0 Å². The molecule has 0 saturated carbocycles. The Bertz CT molecular complexity index is 674. The zero-order valence-electron chi connectivity index (χ0n) is 13.5. The van der Waals surface area contributed by atoms with Gasteiger partial charge in [0.05, 0.1) is 6.10 Å². The van der Waals surface area contributed by atoms with E-state index in [0.717, 1.165) is 36.4 Å². The summed E-state index contributed by atoms with van der Waals surface area (Å²) < 4.78 is 11.2. The lowest BCUT2D eigenvalue weighted by Crippen LogP contribution is -2.16. The molecular formula is C20H21NO3. The lowest BCUT2D eigenvalue weighted by Gasteiger charge is -2.11. The van der Waals surface area contributed by atoms with E-state index in [-0.39, 0.29) is 12.0 Å². The smallest absolute Gasteiger partial charge is 0.248 e. The summed E-state index contributed by atoms with van der Waals surface area (Å²) >= 11 is 0. The van der Waals surface area contributed by atoms with Crippen molar-refractivity contribution in [2.75, 3.05) is 18.5 Å². The highest BCUT2D eigenvalue weighted by molar-refractivity contribution is 6.01. The predicted octanol–water partition coefficient (Wildman–Crippen LogP) is 3.90. The summed E-state index contributed by atoms with van der Waals surface area (Å²) in [5.74, 6) is 0.621. The molecule has 0 aliphatic carbocycles. The van der Waals surface area contributed by atoms with Gasteiger partial charge in [-0.05, 0) is 48.7 Å². The van der Waals surface area contributed by atoms with E-state index in [4.69, 9.17) is 9.47 Å². The fourth-order valence-electron chi connectivity index (χ4n) is 2.52. The number of ether oxygens (including phenoxy) is 2. The molecule has 1 atom stereocenters. The lowest BCUT2D eigenvalue weighted by atomic mass is 10.2. The van der Waals surface area contributed by atoms with Crippen molar-refractivity contribution < 1.29 is 14.3 Å². The van der Waals surface area contributed by atoms with Gasteiger partial charge in [0.1, 0.15) is 12.4 Å². The molecule has 2 aromatic carbocycles. The van der Waals surface area contributed by atoms with Gasteiger partial charge >= 0.3 is 0 Å². The van der Waals surface area contributed by atoms with Crippen LogP contribution in [0.3, 0.4) is 0 Å². The minimum Gasteiger partial charge on any atom is -0.491 e. The minimum atomic E-state index is -0.160. The quantitative estimate of drug-likeness (QED) is 0.820. The van der Waals surface area contributed by atoms with Gasteiger partial charge in [-0.1, -0.05) is 30.3 Å². The maximum absolute atomic E-state index is 11.9. The maximum Gasteiger partial charge on any atom is 0.248 e. The van der Waals surface area contributed by atoms with Gasteiger partial charge in [0.15, 0.2) is 0 Å². The molecule has 1 heterocycles. The van der Waals surface area contributed by atoms with Crippen LogP contribution in [0.2, 0.25) is 0 Å². The monoisotopic (exact) mass is 323 g/mol. The number of benzene rings is 2. The summed E-state index contributed by atoms with van der Waals surface area (Å²) in [7, 11) is 0. The number of nitrogens with one attached hydrogen (secondary N) is 1. The fraction of sp³-hybridized carbons (Fsp3) is 0.250. The van der Waals surface area contributed by atoms with Crippen LogP contribution in [0.5, 0.6) is 5.75 Å². The highest BCUT2D eigenvalue weighted by atomic mass is 16.5.